The van der Waals surface area contributed by atoms with Crippen LogP contribution in [0.25, 0.3) is 22.6 Å². The SMILES string of the molecule is Cc1[nH]nnc1-c1ccnc(-c2cn(C[C@@H]3CCc4cccc(F)c43)cn2)c1. The van der Waals surface area contributed by atoms with Crippen molar-refractivity contribution < 1.29 is 4.39 Å². The van der Waals surface area contributed by atoms with Crippen molar-refractivity contribution in [3.05, 3.63) is 71.7 Å². The maximum atomic E-state index is 14.3. The molecule has 140 valence electrons. The van der Waals surface area contributed by atoms with Crippen LogP contribution >= 0.6 is 0 Å². The third-order valence-corrected chi connectivity index (χ3v) is 5.40. The lowest BCUT2D eigenvalue weighted by atomic mass is 10.0. The van der Waals surface area contributed by atoms with E-state index in [1.165, 1.54) is 0 Å². The Morgan fingerprint density at radius 3 is 3.00 bits per heavy atom. The summed E-state index contributed by atoms with van der Waals surface area (Å²) in [5.74, 6) is 0.0769. The summed E-state index contributed by atoms with van der Waals surface area (Å²) in [7, 11) is 0. The Hall–Kier alpha value is -3.35. The van der Waals surface area contributed by atoms with Gasteiger partial charge in [0.25, 0.3) is 0 Å². The highest BCUT2D eigenvalue weighted by Crippen LogP contribution is 2.36. The Morgan fingerprint density at radius 2 is 2.14 bits per heavy atom. The summed E-state index contributed by atoms with van der Waals surface area (Å²) in [6, 6.07) is 9.24. The van der Waals surface area contributed by atoms with Crippen molar-refractivity contribution in [2.24, 2.45) is 0 Å². The molecule has 1 aliphatic carbocycles. The number of aryl methyl sites for hydroxylation is 2. The number of H-pyrrole nitrogens is 1. The number of fused-ring (bicyclic) bond motifs is 1. The molecule has 6 nitrogen and oxygen atoms in total. The van der Waals surface area contributed by atoms with Crippen LogP contribution in [0.2, 0.25) is 0 Å². The maximum Gasteiger partial charge on any atom is 0.127 e. The van der Waals surface area contributed by atoms with Gasteiger partial charge in [-0.25, -0.2) is 9.37 Å². The Bertz CT molecular complexity index is 1150. The highest BCUT2D eigenvalue weighted by atomic mass is 19.1. The van der Waals surface area contributed by atoms with Crippen molar-refractivity contribution >= 4 is 0 Å². The van der Waals surface area contributed by atoms with Gasteiger partial charge in [0.2, 0.25) is 0 Å². The average molecular weight is 374 g/mol. The zero-order chi connectivity index (χ0) is 19.1. The third kappa shape index (κ3) is 2.89. The fourth-order valence-electron chi connectivity index (χ4n) is 4.03. The fourth-order valence-corrected chi connectivity index (χ4v) is 4.03. The van der Waals surface area contributed by atoms with Crippen LogP contribution in [0.3, 0.4) is 0 Å². The first-order valence-corrected chi connectivity index (χ1v) is 9.32. The zero-order valence-electron chi connectivity index (χ0n) is 15.4. The molecule has 0 amide bonds. The molecule has 0 unspecified atom stereocenters. The smallest absolute Gasteiger partial charge is 0.127 e. The lowest BCUT2D eigenvalue weighted by Crippen LogP contribution is -2.06. The van der Waals surface area contributed by atoms with Gasteiger partial charge < -0.3 is 4.57 Å². The molecule has 0 aliphatic heterocycles. The van der Waals surface area contributed by atoms with Gasteiger partial charge in [-0.05, 0) is 49.1 Å². The van der Waals surface area contributed by atoms with Crippen molar-refractivity contribution in [2.45, 2.75) is 32.2 Å². The molecule has 3 heterocycles. The Morgan fingerprint density at radius 1 is 1.21 bits per heavy atom. The molecule has 1 aliphatic rings. The molecule has 1 aromatic carbocycles. The molecule has 0 saturated carbocycles. The molecule has 28 heavy (non-hydrogen) atoms. The molecular formula is C21H19FN6. The van der Waals surface area contributed by atoms with E-state index in [0.29, 0.717) is 6.54 Å². The minimum atomic E-state index is -0.0994. The molecule has 1 atom stereocenters. The van der Waals surface area contributed by atoms with Crippen LogP contribution in [-0.2, 0) is 13.0 Å². The second-order valence-corrected chi connectivity index (χ2v) is 7.22. The van der Waals surface area contributed by atoms with Gasteiger partial charge in [0.1, 0.15) is 17.2 Å². The third-order valence-electron chi connectivity index (χ3n) is 5.40. The van der Waals surface area contributed by atoms with E-state index >= 15 is 0 Å². The van der Waals surface area contributed by atoms with Crippen LogP contribution in [0.1, 0.15) is 29.2 Å². The molecule has 4 aromatic rings. The minimum Gasteiger partial charge on any atom is -0.336 e. The summed E-state index contributed by atoms with van der Waals surface area (Å²) >= 11 is 0. The van der Waals surface area contributed by atoms with Crippen LogP contribution in [0.4, 0.5) is 4.39 Å². The van der Waals surface area contributed by atoms with Gasteiger partial charge >= 0.3 is 0 Å². The van der Waals surface area contributed by atoms with Crippen LogP contribution < -0.4 is 0 Å². The largest absolute Gasteiger partial charge is 0.336 e. The Labute approximate surface area is 161 Å². The van der Waals surface area contributed by atoms with Crippen molar-refractivity contribution in [2.75, 3.05) is 0 Å². The van der Waals surface area contributed by atoms with E-state index in [-0.39, 0.29) is 11.7 Å². The number of benzene rings is 1. The first kappa shape index (κ1) is 16.8. The number of aromatic nitrogens is 6. The van der Waals surface area contributed by atoms with E-state index in [9.17, 15) is 4.39 Å². The number of nitrogens with one attached hydrogen (secondary N) is 1. The van der Waals surface area contributed by atoms with Crippen LogP contribution in [0.15, 0.2) is 49.1 Å². The number of imidazole rings is 1. The van der Waals surface area contributed by atoms with Crippen molar-refractivity contribution in [3.8, 4) is 22.6 Å². The van der Waals surface area contributed by atoms with E-state index in [1.54, 1.807) is 24.7 Å². The fraction of sp³-hybridized carbons (Fsp3) is 0.238. The molecule has 0 radical (unpaired) electrons. The van der Waals surface area contributed by atoms with E-state index in [4.69, 9.17) is 0 Å². The summed E-state index contributed by atoms with van der Waals surface area (Å²) < 4.78 is 16.3. The quantitative estimate of drug-likeness (QED) is 0.588. The first-order valence-electron chi connectivity index (χ1n) is 9.32. The Kier molecular flexibility index (Phi) is 4.00. The summed E-state index contributed by atoms with van der Waals surface area (Å²) in [6.07, 6.45) is 7.41. The lowest BCUT2D eigenvalue weighted by Gasteiger charge is -2.12. The molecule has 5 rings (SSSR count). The highest BCUT2D eigenvalue weighted by molar-refractivity contribution is 5.67. The van der Waals surface area contributed by atoms with Gasteiger partial charge in [-0.3, -0.25) is 10.1 Å². The average Bonchev–Trinajstić information content (AvgIpc) is 3.43. The van der Waals surface area contributed by atoms with Crippen molar-refractivity contribution in [3.63, 3.8) is 0 Å². The predicted octanol–water partition coefficient (Wildman–Crippen LogP) is 3.91. The van der Waals surface area contributed by atoms with Crippen LogP contribution in [0, 0.1) is 12.7 Å². The van der Waals surface area contributed by atoms with Crippen LogP contribution in [-0.4, -0.2) is 29.9 Å². The van der Waals surface area contributed by atoms with Gasteiger partial charge in [-0.15, -0.1) is 5.10 Å². The molecule has 0 fully saturated rings. The predicted molar refractivity (Wildman–Crippen MR) is 103 cm³/mol. The highest BCUT2D eigenvalue weighted by Gasteiger charge is 2.26. The summed E-state index contributed by atoms with van der Waals surface area (Å²) in [4.78, 5) is 8.96. The summed E-state index contributed by atoms with van der Waals surface area (Å²) in [5, 5.41) is 10.8. The van der Waals surface area contributed by atoms with Crippen LogP contribution in [0.5, 0.6) is 0 Å². The molecular weight excluding hydrogens is 355 g/mol. The number of halogens is 1. The van der Waals surface area contributed by atoms with Crippen molar-refractivity contribution in [1.29, 1.82) is 0 Å². The second-order valence-electron chi connectivity index (χ2n) is 7.22. The van der Waals surface area contributed by atoms with E-state index < -0.39 is 0 Å². The maximum absolute atomic E-state index is 14.3. The zero-order valence-corrected chi connectivity index (χ0v) is 15.4. The monoisotopic (exact) mass is 374 g/mol. The molecule has 0 saturated heterocycles. The lowest BCUT2D eigenvalue weighted by molar-refractivity contribution is 0.524. The number of rotatable bonds is 4. The molecule has 3 aromatic heterocycles. The molecule has 1 N–H and O–H groups in total. The van der Waals surface area contributed by atoms with Gasteiger partial charge in [-0.2, -0.15) is 0 Å². The van der Waals surface area contributed by atoms with Gasteiger partial charge in [0, 0.05) is 30.4 Å². The Balaban J connectivity index is 1.40. The van der Waals surface area contributed by atoms with Gasteiger partial charge in [-0.1, -0.05) is 17.3 Å². The van der Waals surface area contributed by atoms with E-state index in [2.05, 4.69) is 25.4 Å². The topological polar surface area (TPSA) is 72.3 Å². The summed E-state index contributed by atoms with van der Waals surface area (Å²) in [5.41, 5.74) is 6.21. The number of nitrogens with zero attached hydrogens (tertiary/aromatic N) is 5. The van der Waals surface area contributed by atoms with E-state index in [1.807, 2.05) is 35.9 Å². The number of hydrogen-bond acceptors (Lipinski definition) is 4. The summed E-state index contributed by atoms with van der Waals surface area (Å²) in [6.45, 7) is 2.64. The van der Waals surface area contributed by atoms with Crippen molar-refractivity contribution in [1.82, 2.24) is 29.9 Å². The minimum absolute atomic E-state index is 0.0994. The second kappa shape index (κ2) is 6.67. The molecule has 7 heteroatoms. The van der Waals surface area contributed by atoms with E-state index in [0.717, 1.165) is 52.3 Å². The number of pyridine rings is 1. The number of aromatic amines is 1. The first-order chi connectivity index (χ1) is 13.7. The molecule has 0 spiro atoms. The molecule has 0 bridgehead atoms. The standard InChI is InChI=1S/C21H19FN6/c1-13-21(26-27-25-13)15-7-8-23-18(9-15)19-11-28(12-24-19)10-16-6-5-14-3-2-4-17(22)20(14)16/h2-4,7-9,11-12,16H,5-6,10H2,1H3,(H,25,26,27)/t16-/m0/s1. The normalized spacial score (nSPS) is 15.7. The van der Waals surface area contributed by atoms with Gasteiger partial charge in [0.15, 0.2) is 0 Å². The number of hydrogen-bond donors (Lipinski definition) is 1. The van der Waals surface area contributed by atoms with Gasteiger partial charge in [0.05, 0.1) is 17.7 Å².